The van der Waals surface area contributed by atoms with E-state index in [0.717, 1.165) is 0 Å². The minimum absolute atomic E-state index is 0.0140. The van der Waals surface area contributed by atoms with Gasteiger partial charge in [0.05, 0.1) is 33.4 Å². The van der Waals surface area contributed by atoms with Gasteiger partial charge in [0.15, 0.2) is 17.3 Å². The number of hydrogen-bond acceptors (Lipinski definition) is 11. The molecule has 0 aromatic heterocycles. The van der Waals surface area contributed by atoms with E-state index < -0.39 is 40.7 Å². The molecule has 38 heavy (non-hydrogen) atoms. The summed E-state index contributed by atoms with van der Waals surface area (Å²) in [5.41, 5.74) is -2.00. The van der Waals surface area contributed by atoms with Crippen molar-refractivity contribution in [2.24, 2.45) is 5.92 Å². The second kappa shape index (κ2) is 10.2. The first-order chi connectivity index (χ1) is 18.0. The summed E-state index contributed by atoms with van der Waals surface area (Å²) in [7, 11) is 3.90. The van der Waals surface area contributed by atoms with Gasteiger partial charge in [-0.25, -0.2) is 0 Å². The summed E-state index contributed by atoms with van der Waals surface area (Å²) in [4.78, 5) is 39.7. The van der Waals surface area contributed by atoms with Crippen LogP contribution < -0.4 is 19.4 Å². The molecule has 0 amide bonds. The summed E-state index contributed by atoms with van der Waals surface area (Å²) in [6.07, 6.45) is -0.568. The molecule has 1 heterocycles. The van der Waals surface area contributed by atoms with E-state index in [1.165, 1.54) is 51.7 Å². The number of nitrogens with zero attached hydrogens (tertiary/aromatic N) is 1. The summed E-state index contributed by atoms with van der Waals surface area (Å²) in [6, 6.07) is 6.81. The molecule has 0 saturated heterocycles. The average Bonchev–Trinajstić information content (AvgIpc) is 3.22. The van der Waals surface area contributed by atoms with Crippen molar-refractivity contribution in [1.29, 1.82) is 0 Å². The number of allylic oxidation sites excluding steroid dienone is 1. The number of anilines is 1. The zero-order valence-electron chi connectivity index (χ0n) is 20.9. The highest BCUT2D eigenvalue weighted by Gasteiger charge is 2.61. The van der Waals surface area contributed by atoms with Crippen LogP contribution in [0.1, 0.15) is 41.6 Å². The van der Waals surface area contributed by atoms with Gasteiger partial charge in [-0.3, -0.25) is 19.6 Å². The highest BCUT2D eigenvalue weighted by atomic mass is 35.5. The maximum atomic E-state index is 14.0. The molecular weight excluding hydrogens is 522 g/mol. The Kier molecular flexibility index (Phi) is 7.29. The lowest BCUT2D eigenvalue weighted by Gasteiger charge is -2.38. The van der Waals surface area contributed by atoms with Gasteiger partial charge >= 0.3 is 5.97 Å². The van der Waals surface area contributed by atoms with Crippen LogP contribution in [0.4, 0.5) is 5.69 Å². The molecule has 2 aromatic carbocycles. The van der Waals surface area contributed by atoms with Crippen LogP contribution in [0.5, 0.6) is 17.2 Å². The number of aliphatic hydroxyl groups excluding tert-OH is 1. The summed E-state index contributed by atoms with van der Waals surface area (Å²) < 4.78 is 21.6. The van der Waals surface area contributed by atoms with Gasteiger partial charge in [-0.05, 0) is 17.7 Å². The number of carbonyl (C=O) groups excluding carboxylic acids is 3. The molecule has 2 aliphatic rings. The predicted molar refractivity (Wildman–Crippen MR) is 134 cm³/mol. The molecule has 2 aromatic rings. The van der Waals surface area contributed by atoms with Crippen LogP contribution in [0.25, 0.3) is 0 Å². The van der Waals surface area contributed by atoms with E-state index in [4.69, 9.17) is 30.5 Å². The topological polar surface area (TPSA) is 155 Å². The lowest BCUT2D eigenvalue weighted by atomic mass is 9.69. The van der Waals surface area contributed by atoms with Crippen molar-refractivity contribution in [3.63, 3.8) is 0 Å². The predicted octanol–water partition coefficient (Wildman–Crippen LogP) is 4.13. The van der Waals surface area contributed by atoms with E-state index in [0.29, 0.717) is 5.56 Å². The third-order valence-electron chi connectivity index (χ3n) is 6.97. The number of fused-ring (bicyclic) bond motifs is 1. The number of esters is 1. The molecule has 0 saturated carbocycles. The molecule has 1 spiro atoms. The molecule has 0 bridgehead atoms. The number of rotatable bonds is 7. The summed E-state index contributed by atoms with van der Waals surface area (Å²) in [5, 5.41) is 31.8. The Morgan fingerprint density at radius 3 is 2.39 bits per heavy atom. The largest absolute Gasteiger partial charge is 0.733 e. The summed E-state index contributed by atoms with van der Waals surface area (Å²) in [6.45, 7) is 1.58. The zero-order valence-corrected chi connectivity index (χ0v) is 21.7. The monoisotopic (exact) mass is 546 g/mol. The fourth-order valence-electron chi connectivity index (χ4n) is 5.01. The smallest absolute Gasteiger partial charge is 0.306 e. The quantitative estimate of drug-likeness (QED) is 0.380. The van der Waals surface area contributed by atoms with Gasteiger partial charge in [0.1, 0.15) is 22.1 Å². The van der Waals surface area contributed by atoms with Crippen molar-refractivity contribution in [1.82, 2.24) is 0 Å². The van der Waals surface area contributed by atoms with Gasteiger partial charge in [0, 0.05) is 29.9 Å². The van der Waals surface area contributed by atoms with Gasteiger partial charge in [-0.2, -0.15) is 0 Å². The van der Waals surface area contributed by atoms with Gasteiger partial charge in [0.25, 0.3) is 0 Å². The van der Waals surface area contributed by atoms with Crippen LogP contribution in [0.2, 0.25) is 5.02 Å². The van der Waals surface area contributed by atoms with Crippen molar-refractivity contribution >= 4 is 34.8 Å². The number of ether oxygens (including phenoxy) is 4. The highest BCUT2D eigenvalue weighted by Crippen LogP contribution is 2.55. The van der Waals surface area contributed by atoms with Crippen LogP contribution in [0.3, 0.4) is 0 Å². The molecule has 0 fully saturated rings. The second-order valence-electron chi connectivity index (χ2n) is 8.95. The van der Waals surface area contributed by atoms with Gasteiger partial charge < -0.3 is 34.5 Å². The number of methoxy groups -OCH3 is 3. The third kappa shape index (κ3) is 4.12. The molecule has 12 heteroatoms. The molecule has 3 atom stereocenters. The van der Waals surface area contributed by atoms with Crippen LogP contribution in [0.15, 0.2) is 41.7 Å². The minimum atomic E-state index is -2.03. The van der Waals surface area contributed by atoms with E-state index in [1.54, 1.807) is 6.92 Å². The lowest BCUT2D eigenvalue weighted by molar-refractivity contribution is -0.140. The molecule has 0 radical (unpaired) electrons. The number of hydrogen-bond donors (Lipinski definition) is 2. The SMILES string of the molecule is COC(=O)CC(C1=C(O)[C@@]2(Oc3c(Cl)c(OC)cc(OC)c3C2=O)[C@H](C)CC1=O)c1ccc(N([O-])O)cc1. The Morgan fingerprint density at radius 1 is 1.21 bits per heavy atom. The van der Waals surface area contributed by atoms with Crippen LogP contribution >= 0.6 is 11.6 Å². The third-order valence-corrected chi connectivity index (χ3v) is 7.33. The van der Waals surface area contributed by atoms with Crippen LogP contribution in [0, 0.1) is 11.1 Å². The fraction of sp³-hybridized carbons (Fsp3) is 0.346. The van der Waals surface area contributed by atoms with Crippen molar-refractivity contribution in [2.75, 3.05) is 26.6 Å². The normalized spacial score (nSPS) is 21.2. The van der Waals surface area contributed by atoms with E-state index in [1.807, 2.05) is 0 Å². The Hall–Kier alpha value is -3.80. The Labute approximate surface area is 222 Å². The molecule has 202 valence electrons. The van der Waals surface area contributed by atoms with Crippen molar-refractivity contribution < 1.29 is 43.6 Å². The summed E-state index contributed by atoms with van der Waals surface area (Å²) in [5.74, 6) is -4.20. The number of aliphatic hydroxyl groups is 1. The maximum absolute atomic E-state index is 14.0. The highest BCUT2D eigenvalue weighted by molar-refractivity contribution is 6.35. The molecule has 1 aliphatic heterocycles. The fourth-order valence-corrected chi connectivity index (χ4v) is 5.27. The molecule has 11 nitrogen and oxygen atoms in total. The first-order valence-electron chi connectivity index (χ1n) is 11.5. The first-order valence-corrected chi connectivity index (χ1v) is 11.9. The Morgan fingerprint density at radius 2 is 1.84 bits per heavy atom. The zero-order chi connectivity index (χ0) is 27.9. The second-order valence-corrected chi connectivity index (χ2v) is 9.33. The van der Waals surface area contributed by atoms with Gasteiger partial charge in [-0.15, -0.1) is 0 Å². The lowest BCUT2D eigenvalue weighted by Crippen LogP contribution is -2.53. The Bertz CT molecular complexity index is 1340. The molecule has 2 N–H and O–H groups in total. The number of Topliss-reactive ketones (excluding diaryl/α,β-unsaturated/α-hetero) is 2. The molecule has 1 unspecified atom stereocenters. The number of benzene rings is 2. The Balaban J connectivity index is 1.93. The van der Waals surface area contributed by atoms with Gasteiger partial charge in [0.2, 0.25) is 11.4 Å². The molecular formula is C26H25ClNO10-. The van der Waals surface area contributed by atoms with Crippen molar-refractivity contribution in [2.45, 2.75) is 31.3 Å². The maximum Gasteiger partial charge on any atom is 0.306 e. The average molecular weight is 547 g/mol. The van der Waals surface area contributed by atoms with Crippen molar-refractivity contribution in [3.05, 3.63) is 63.0 Å². The van der Waals surface area contributed by atoms with Crippen molar-refractivity contribution in [3.8, 4) is 17.2 Å². The van der Waals surface area contributed by atoms with Crippen LogP contribution in [-0.2, 0) is 14.3 Å². The van der Waals surface area contributed by atoms with E-state index in [2.05, 4.69) is 0 Å². The van der Waals surface area contributed by atoms with Gasteiger partial charge in [-0.1, -0.05) is 30.7 Å². The summed E-state index contributed by atoms with van der Waals surface area (Å²) >= 11 is 6.46. The number of ketones is 2. The van der Waals surface area contributed by atoms with E-state index in [-0.39, 0.29) is 57.2 Å². The van der Waals surface area contributed by atoms with E-state index >= 15 is 0 Å². The van der Waals surface area contributed by atoms with Crippen LogP contribution in [-0.4, -0.2) is 54.8 Å². The molecule has 4 rings (SSSR count). The molecule has 1 aliphatic carbocycles. The van der Waals surface area contributed by atoms with E-state index in [9.17, 15) is 29.9 Å². The minimum Gasteiger partial charge on any atom is -0.733 e. The standard InChI is InChI=1S/C26H25ClNO10/c1-12-9-16(29)20(15(10-19(30)37-4)13-5-7-14(8-6-13)28(33)34)24(31)26(12)25(32)21-17(35-2)11-18(36-3)22(27)23(21)38-26/h5-8,11-12,15,31,33H,9-10H2,1-4H3/q-1/t12-,15?,26+/m1/s1. The number of halogens is 1. The first kappa shape index (κ1) is 27.2. The number of carbonyl (C=O) groups is 3.